The monoisotopic (exact) mass is 529 g/mol. The minimum absolute atomic E-state index is 0.129. The molecule has 5 rings (SSSR count). The van der Waals surface area contributed by atoms with Crippen LogP contribution in [-0.4, -0.2) is 24.6 Å². The molecule has 0 saturated carbocycles. The van der Waals surface area contributed by atoms with Crippen LogP contribution in [0.4, 0.5) is 0 Å². The maximum absolute atomic E-state index is 12.5. The summed E-state index contributed by atoms with van der Waals surface area (Å²) in [5, 5.41) is 9.45. The zero-order valence-electron chi connectivity index (χ0n) is 18.6. The van der Waals surface area contributed by atoms with E-state index in [4.69, 9.17) is 4.98 Å². The topological polar surface area (TPSA) is 73.0 Å². The number of hydrogen-bond donors (Lipinski definition) is 0. The van der Waals surface area contributed by atoms with Gasteiger partial charge in [0.25, 0.3) is 5.56 Å². The number of pyridine rings is 1. The number of nitrogens with zero attached hydrogens (tertiary/aromatic N) is 5. The first kappa shape index (κ1) is 22.4. The molecule has 0 spiro atoms. The number of fused-ring (bicyclic) bond motifs is 1. The van der Waals surface area contributed by atoms with E-state index in [1.165, 1.54) is 27.3 Å². The van der Waals surface area contributed by atoms with Gasteiger partial charge in [-0.2, -0.15) is 0 Å². The van der Waals surface area contributed by atoms with Crippen LogP contribution in [0.15, 0.2) is 87.4 Å². The third-order valence-electron chi connectivity index (χ3n) is 5.34. The van der Waals surface area contributed by atoms with Crippen LogP contribution in [0.25, 0.3) is 28.2 Å². The van der Waals surface area contributed by atoms with Crippen molar-refractivity contribution in [1.82, 2.24) is 24.6 Å². The molecule has 0 bridgehead atoms. The van der Waals surface area contributed by atoms with Gasteiger partial charge in [0.05, 0.1) is 5.69 Å². The first-order chi connectivity index (χ1) is 16.5. The summed E-state index contributed by atoms with van der Waals surface area (Å²) in [5.74, 6) is 0.459. The molecule has 0 amide bonds. The van der Waals surface area contributed by atoms with Gasteiger partial charge in [0.15, 0.2) is 0 Å². The third-order valence-corrected chi connectivity index (χ3v) is 6.68. The van der Waals surface area contributed by atoms with E-state index < -0.39 is 0 Å². The van der Waals surface area contributed by atoms with Gasteiger partial charge in [-0.1, -0.05) is 71.4 Å². The van der Waals surface area contributed by atoms with Crippen LogP contribution < -0.4 is 5.56 Å². The Morgan fingerprint density at radius 2 is 1.47 bits per heavy atom. The Labute approximate surface area is 209 Å². The number of halogens is 1. The van der Waals surface area contributed by atoms with E-state index in [2.05, 4.69) is 81.4 Å². The molecule has 5 aromatic rings. The lowest BCUT2D eigenvalue weighted by atomic mass is 10.0. The molecule has 0 aliphatic heterocycles. The quantitative estimate of drug-likeness (QED) is 0.264. The average Bonchev–Trinajstić information content (AvgIpc) is 2.84. The van der Waals surface area contributed by atoms with Crippen LogP contribution in [-0.2, 0) is 5.75 Å². The van der Waals surface area contributed by atoms with Crippen molar-refractivity contribution in [2.75, 3.05) is 0 Å². The van der Waals surface area contributed by atoms with E-state index >= 15 is 0 Å². The minimum Gasteiger partial charge on any atom is -0.269 e. The molecule has 3 aromatic heterocycles. The lowest BCUT2D eigenvalue weighted by Gasteiger charge is -2.10. The maximum atomic E-state index is 12.5. The molecule has 168 valence electrons. The zero-order valence-corrected chi connectivity index (χ0v) is 21.0. The van der Waals surface area contributed by atoms with Crippen LogP contribution in [0.2, 0.25) is 0 Å². The molecule has 0 aliphatic rings. The highest BCUT2D eigenvalue weighted by Crippen LogP contribution is 2.31. The highest BCUT2D eigenvalue weighted by molar-refractivity contribution is 9.10. The highest BCUT2D eigenvalue weighted by Gasteiger charge is 2.15. The van der Waals surface area contributed by atoms with Gasteiger partial charge >= 0.3 is 0 Å². The van der Waals surface area contributed by atoms with Crippen molar-refractivity contribution in [3.63, 3.8) is 0 Å². The summed E-state index contributed by atoms with van der Waals surface area (Å²) < 4.78 is 2.34. The van der Waals surface area contributed by atoms with Crippen molar-refractivity contribution >= 4 is 33.3 Å². The van der Waals surface area contributed by atoms with Crippen LogP contribution in [0, 0.1) is 13.8 Å². The molecule has 34 heavy (non-hydrogen) atoms. The van der Waals surface area contributed by atoms with Gasteiger partial charge in [-0.05, 0) is 41.9 Å². The van der Waals surface area contributed by atoms with Crippen LogP contribution in [0.1, 0.15) is 16.8 Å². The van der Waals surface area contributed by atoms with Gasteiger partial charge in [-0.25, -0.2) is 9.97 Å². The molecule has 0 N–H and O–H groups in total. The Kier molecular flexibility index (Phi) is 6.26. The molecule has 3 heterocycles. The van der Waals surface area contributed by atoms with Gasteiger partial charge in [0, 0.05) is 33.6 Å². The average molecular weight is 530 g/mol. The molecule has 0 unspecified atom stereocenters. The summed E-state index contributed by atoms with van der Waals surface area (Å²) in [6.07, 6.45) is 1.71. The SMILES string of the molecule is Cc1ccc(-c2nnc(SCc3cc(=O)n4cc(Br)ccc4n3)nc2-c2ccc(C)cc2)cc1. The van der Waals surface area contributed by atoms with E-state index in [0.717, 1.165) is 27.0 Å². The fraction of sp³-hybridized carbons (Fsp3) is 0.115. The first-order valence-corrected chi connectivity index (χ1v) is 12.4. The molecule has 0 radical (unpaired) electrons. The van der Waals surface area contributed by atoms with E-state index in [1.807, 2.05) is 24.3 Å². The predicted octanol–water partition coefficient (Wildman–Crippen LogP) is 5.89. The summed E-state index contributed by atoms with van der Waals surface area (Å²) in [6, 6.07) is 21.6. The molecule has 0 saturated heterocycles. The predicted molar refractivity (Wildman–Crippen MR) is 139 cm³/mol. The fourth-order valence-electron chi connectivity index (χ4n) is 3.53. The van der Waals surface area contributed by atoms with Gasteiger partial charge in [0.1, 0.15) is 17.0 Å². The number of thioether (sulfide) groups is 1. The van der Waals surface area contributed by atoms with Crippen LogP contribution in [0.3, 0.4) is 0 Å². The van der Waals surface area contributed by atoms with Crippen molar-refractivity contribution in [2.45, 2.75) is 24.8 Å². The number of rotatable bonds is 5. The Morgan fingerprint density at radius 1 is 0.824 bits per heavy atom. The first-order valence-electron chi connectivity index (χ1n) is 10.7. The van der Waals surface area contributed by atoms with Crippen molar-refractivity contribution in [1.29, 1.82) is 0 Å². The molecule has 2 aromatic carbocycles. The minimum atomic E-state index is -0.129. The summed E-state index contributed by atoms with van der Waals surface area (Å²) in [4.78, 5) is 22.0. The number of aromatic nitrogens is 5. The van der Waals surface area contributed by atoms with Gasteiger partial charge in [0.2, 0.25) is 5.16 Å². The third kappa shape index (κ3) is 4.78. The smallest absolute Gasteiger partial charge is 0.258 e. The summed E-state index contributed by atoms with van der Waals surface area (Å²) >= 11 is 4.79. The molecule has 8 heteroatoms. The Balaban J connectivity index is 1.49. The van der Waals surface area contributed by atoms with Gasteiger partial charge < -0.3 is 0 Å². The maximum Gasteiger partial charge on any atom is 0.258 e. The molecule has 0 fully saturated rings. The second-order valence-corrected chi connectivity index (χ2v) is 9.83. The standard InChI is InChI=1S/C26H20BrN5OS/c1-16-3-7-18(8-4-16)24-25(19-9-5-17(2)6-10-19)30-31-26(29-24)34-15-21-13-23(33)32-14-20(27)11-12-22(32)28-21/h3-14H,15H2,1-2H3. The fourth-order valence-corrected chi connectivity index (χ4v) is 4.55. The molecular formula is C26H20BrN5OS. The largest absolute Gasteiger partial charge is 0.269 e. The molecule has 0 atom stereocenters. The van der Waals surface area contributed by atoms with Crippen LogP contribution >= 0.6 is 27.7 Å². The Hall–Kier alpha value is -3.36. The van der Waals surface area contributed by atoms with Crippen molar-refractivity contribution in [3.8, 4) is 22.5 Å². The number of hydrogen-bond acceptors (Lipinski definition) is 6. The lowest BCUT2D eigenvalue weighted by Crippen LogP contribution is -2.15. The Morgan fingerprint density at radius 3 is 2.15 bits per heavy atom. The summed E-state index contributed by atoms with van der Waals surface area (Å²) in [7, 11) is 0. The van der Waals surface area contributed by atoms with E-state index in [1.54, 1.807) is 12.3 Å². The molecular weight excluding hydrogens is 510 g/mol. The lowest BCUT2D eigenvalue weighted by molar-refractivity contribution is 0.849. The summed E-state index contributed by atoms with van der Waals surface area (Å²) in [6.45, 7) is 4.11. The van der Waals surface area contributed by atoms with E-state index in [0.29, 0.717) is 22.3 Å². The van der Waals surface area contributed by atoms with Crippen molar-refractivity contribution in [2.24, 2.45) is 0 Å². The molecule has 0 aliphatic carbocycles. The van der Waals surface area contributed by atoms with Gasteiger partial charge in [-0.15, -0.1) is 10.2 Å². The Bertz CT molecular complexity index is 1550. The zero-order chi connectivity index (χ0) is 23.7. The van der Waals surface area contributed by atoms with E-state index in [-0.39, 0.29) is 5.56 Å². The highest BCUT2D eigenvalue weighted by atomic mass is 79.9. The normalized spacial score (nSPS) is 11.1. The second-order valence-electron chi connectivity index (χ2n) is 7.97. The molecule has 6 nitrogen and oxygen atoms in total. The summed E-state index contributed by atoms with van der Waals surface area (Å²) in [5.41, 5.74) is 6.95. The number of benzene rings is 2. The van der Waals surface area contributed by atoms with Crippen molar-refractivity contribution < 1.29 is 0 Å². The van der Waals surface area contributed by atoms with Crippen LogP contribution in [0.5, 0.6) is 0 Å². The van der Waals surface area contributed by atoms with E-state index in [9.17, 15) is 4.79 Å². The van der Waals surface area contributed by atoms with Crippen molar-refractivity contribution in [3.05, 3.63) is 105 Å². The second kappa shape index (κ2) is 9.48. The number of aryl methyl sites for hydroxylation is 2. The van der Waals surface area contributed by atoms with Gasteiger partial charge in [-0.3, -0.25) is 9.20 Å².